The molecule has 0 bridgehead atoms. The van der Waals surface area contributed by atoms with Gasteiger partial charge in [-0.1, -0.05) is 15.9 Å². The Bertz CT molecular complexity index is 970. The Morgan fingerprint density at radius 1 is 0.957 bits per heavy atom. The Morgan fingerprint density at radius 3 is 2.17 bits per heavy atom. The second-order valence-corrected chi connectivity index (χ2v) is 9.46. The zero-order valence-corrected chi connectivity index (χ0v) is 15.0. The van der Waals surface area contributed by atoms with Crippen LogP contribution >= 0.6 is 15.9 Å². The van der Waals surface area contributed by atoms with Crippen LogP contribution in [0.25, 0.3) is 0 Å². The first kappa shape index (κ1) is 16.4. The van der Waals surface area contributed by atoms with Gasteiger partial charge in [-0.3, -0.25) is 4.31 Å². The second-order valence-electron chi connectivity index (χ2n) is 5.12. The molecule has 0 aromatic heterocycles. The minimum absolute atomic E-state index is 0.0147. The molecular formula is C14H13BrN2O4S2. The van der Waals surface area contributed by atoms with E-state index in [1.807, 2.05) is 0 Å². The molecule has 23 heavy (non-hydrogen) atoms. The van der Waals surface area contributed by atoms with E-state index in [0.717, 1.165) is 4.47 Å². The van der Waals surface area contributed by atoms with Crippen molar-refractivity contribution in [2.75, 3.05) is 10.8 Å². The summed E-state index contributed by atoms with van der Waals surface area (Å²) in [5, 5.41) is 5.11. The molecule has 0 fully saturated rings. The van der Waals surface area contributed by atoms with Gasteiger partial charge >= 0.3 is 0 Å². The average Bonchev–Trinajstić information content (AvgIpc) is 2.90. The van der Waals surface area contributed by atoms with E-state index in [1.165, 1.54) is 34.6 Å². The molecule has 0 radical (unpaired) electrons. The molecule has 0 saturated carbocycles. The summed E-state index contributed by atoms with van der Waals surface area (Å²) in [7, 11) is -7.49. The van der Waals surface area contributed by atoms with Crippen molar-refractivity contribution in [3.8, 4) is 0 Å². The first-order chi connectivity index (χ1) is 10.7. The molecule has 1 aliphatic heterocycles. The Morgan fingerprint density at radius 2 is 1.57 bits per heavy atom. The van der Waals surface area contributed by atoms with Crippen LogP contribution in [-0.4, -0.2) is 23.4 Å². The topological polar surface area (TPSA) is 97.5 Å². The van der Waals surface area contributed by atoms with Crippen molar-refractivity contribution in [1.29, 1.82) is 0 Å². The maximum Gasteiger partial charge on any atom is 0.264 e. The molecule has 1 aliphatic rings. The number of nitrogens with zero attached hydrogens (tertiary/aromatic N) is 1. The van der Waals surface area contributed by atoms with Crippen LogP contribution in [0.3, 0.4) is 0 Å². The third-order valence-electron chi connectivity index (χ3n) is 3.63. The Kier molecular flexibility index (Phi) is 3.99. The minimum Gasteiger partial charge on any atom is -0.266 e. The van der Waals surface area contributed by atoms with Crippen molar-refractivity contribution in [2.24, 2.45) is 5.14 Å². The fraction of sp³-hybridized carbons (Fsp3) is 0.143. The number of hydrogen-bond acceptors (Lipinski definition) is 4. The van der Waals surface area contributed by atoms with Gasteiger partial charge < -0.3 is 0 Å². The van der Waals surface area contributed by atoms with E-state index in [2.05, 4.69) is 15.9 Å². The van der Waals surface area contributed by atoms with Crippen molar-refractivity contribution in [1.82, 2.24) is 0 Å². The van der Waals surface area contributed by atoms with E-state index in [0.29, 0.717) is 17.7 Å². The van der Waals surface area contributed by atoms with Gasteiger partial charge in [0, 0.05) is 11.0 Å². The average molecular weight is 417 g/mol. The predicted molar refractivity (Wildman–Crippen MR) is 90.2 cm³/mol. The third-order valence-corrected chi connectivity index (χ3v) is 6.90. The van der Waals surface area contributed by atoms with Crippen molar-refractivity contribution >= 4 is 41.7 Å². The van der Waals surface area contributed by atoms with Crippen LogP contribution in [0.1, 0.15) is 5.56 Å². The number of primary sulfonamides is 1. The van der Waals surface area contributed by atoms with E-state index >= 15 is 0 Å². The van der Waals surface area contributed by atoms with Gasteiger partial charge in [-0.15, -0.1) is 0 Å². The van der Waals surface area contributed by atoms with Gasteiger partial charge in [0.15, 0.2) is 0 Å². The fourth-order valence-corrected chi connectivity index (χ4v) is 4.84. The lowest BCUT2D eigenvalue weighted by Crippen LogP contribution is -2.29. The lowest BCUT2D eigenvalue weighted by Gasteiger charge is -2.19. The highest BCUT2D eigenvalue weighted by molar-refractivity contribution is 9.10. The van der Waals surface area contributed by atoms with E-state index in [-0.39, 0.29) is 16.3 Å². The Hall–Kier alpha value is -1.42. The number of rotatable bonds is 3. The van der Waals surface area contributed by atoms with Crippen LogP contribution in [0.5, 0.6) is 0 Å². The number of fused-ring (bicyclic) bond motifs is 1. The predicted octanol–water partition coefficient (Wildman–Crippen LogP) is 1.85. The summed E-state index contributed by atoms with van der Waals surface area (Å²) in [6.45, 7) is 0.266. The van der Waals surface area contributed by atoms with E-state index in [4.69, 9.17) is 5.14 Å². The lowest BCUT2D eigenvalue weighted by atomic mass is 10.2. The molecule has 2 N–H and O–H groups in total. The van der Waals surface area contributed by atoms with Gasteiger partial charge in [0.05, 0.1) is 15.5 Å². The third kappa shape index (κ3) is 3.01. The molecule has 2 aromatic rings. The quantitative estimate of drug-likeness (QED) is 0.824. The van der Waals surface area contributed by atoms with Crippen molar-refractivity contribution in [3.05, 3.63) is 52.5 Å². The molecule has 0 atom stereocenters. The molecule has 2 aromatic carbocycles. The summed E-state index contributed by atoms with van der Waals surface area (Å²) >= 11 is 3.27. The summed E-state index contributed by atoms with van der Waals surface area (Å²) in [6, 6.07) is 10.6. The first-order valence-corrected chi connectivity index (χ1v) is 10.4. The van der Waals surface area contributed by atoms with Gasteiger partial charge in [-0.05, 0) is 54.4 Å². The summed E-state index contributed by atoms with van der Waals surface area (Å²) in [6.07, 6.45) is 0.439. The van der Waals surface area contributed by atoms with Crippen LogP contribution < -0.4 is 9.44 Å². The molecule has 6 nitrogen and oxygen atoms in total. The van der Waals surface area contributed by atoms with Gasteiger partial charge in [0.1, 0.15) is 0 Å². The van der Waals surface area contributed by atoms with Gasteiger partial charge in [0.25, 0.3) is 10.0 Å². The molecule has 0 spiro atoms. The van der Waals surface area contributed by atoms with Crippen molar-refractivity contribution < 1.29 is 16.8 Å². The second kappa shape index (κ2) is 5.59. The number of anilines is 1. The van der Waals surface area contributed by atoms with Crippen LogP contribution in [0.15, 0.2) is 56.7 Å². The number of benzene rings is 2. The fourth-order valence-electron chi connectivity index (χ4n) is 2.51. The van der Waals surface area contributed by atoms with Crippen LogP contribution in [0, 0.1) is 0 Å². The highest BCUT2D eigenvalue weighted by Crippen LogP contribution is 2.34. The number of nitrogens with two attached hydrogens (primary N) is 1. The van der Waals surface area contributed by atoms with E-state index < -0.39 is 20.0 Å². The lowest BCUT2D eigenvalue weighted by molar-refractivity contribution is 0.592. The number of sulfonamides is 2. The summed E-state index contributed by atoms with van der Waals surface area (Å²) in [5.74, 6) is 0. The normalized spacial score (nSPS) is 14.8. The highest BCUT2D eigenvalue weighted by atomic mass is 79.9. The molecule has 1 heterocycles. The molecule has 0 amide bonds. The van der Waals surface area contributed by atoms with E-state index in [9.17, 15) is 16.8 Å². The zero-order valence-electron chi connectivity index (χ0n) is 11.8. The van der Waals surface area contributed by atoms with Gasteiger partial charge in [-0.25, -0.2) is 22.0 Å². The molecular weight excluding hydrogens is 404 g/mol. The summed E-state index contributed by atoms with van der Waals surface area (Å²) in [5.41, 5.74) is 1.14. The summed E-state index contributed by atoms with van der Waals surface area (Å²) in [4.78, 5) is 0.170. The van der Waals surface area contributed by atoms with E-state index in [1.54, 1.807) is 12.1 Å². The first-order valence-electron chi connectivity index (χ1n) is 6.63. The summed E-state index contributed by atoms with van der Waals surface area (Å²) < 4.78 is 50.4. The molecule has 0 aliphatic carbocycles. The van der Waals surface area contributed by atoms with Gasteiger partial charge in [0.2, 0.25) is 10.0 Å². The molecule has 9 heteroatoms. The van der Waals surface area contributed by atoms with Crippen molar-refractivity contribution in [2.45, 2.75) is 16.2 Å². The minimum atomic E-state index is -3.81. The van der Waals surface area contributed by atoms with Gasteiger partial charge in [-0.2, -0.15) is 0 Å². The van der Waals surface area contributed by atoms with Crippen LogP contribution in [-0.2, 0) is 26.5 Å². The highest BCUT2D eigenvalue weighted by Gasteiger charge is 2.31. The van der Waals surface area contributed by atoms with Crippen molar-refractivity contribution in [3.63, 3.8) is 0 Å². The standard InChI is InChI=1S/C14H13BrN2O4S2/c15-11-1-3-12(4-2-11)23(20,21)17-8-7-10-9-13(22(16,18)19)5-6-14(10)17/h1-6,9H,7-8H2,(H2,16,18,19). The molecule has 3 rings (SSSR count). The Labute approximate surface area is 143 Å². The Balaban J connectivity index is 2.04. The van der Waals surface area contributed by atoms with Crippen LogP contribution in [0.2, 0.25) is 0 Å². The van der Waals surface area contributed by atoms with Crippen LogP contribution in [0.4, 0.5) is 5.69 Å². The number of halogens is 1. The number of hydrogen-bond donors (Lipinski definition) is 1. The smallest absolute Gasteiger partial charge is 0.264 e. The maximum absolute atomic E-state index is 12.8. The monoisotopic (exact) mass is 416 g/mol. The zero-order chi connectivity index (χ0) is 16.8. The SMILES string of the molecule is NS(=O)(=O)c1ccc2c(c1)CCN2S(=O)(=O)c1ccc(Br)cc1. The molecule has 0 unspecified atom stereocenters. The molecule has 122 valence electrons. The largest absolute Gasteiger partial charge is 0.266 e. The molecule has 0 saturated heterocycles. The maximum atomic E-state index is 12.8.